The van der Waals surface area contributed by atoms with Crippen LogP contribution in [0.3, 0.4) is 0 Å². The zero-order valence-corrected chi connectivity index (χ0v) is 16.3. The van der Waals surface area contributed by atoms with Crippen molar-refractivity contribution in [3.63, 3.8) is 0 Å². The van der Waals surface area contributed by atoms with Crippen LogP contribution in [0, 0.1) is 6.92 Å². The number of amides is 1. The molecule has 0 unspecified atom stereocenters. The summed E-state index contributed by atoms with van der Waals surface area (Å²) in [6.45, 7) is 3.68. The largest absolute Gasteiger partial charge is 0.496 e. The summed E-state index contributed by atoms with van der Waals surface area (Å²) in [5.74, 6) is 0.301. The second-order valence-corrected chi connectivity index (χ2v) is 7.97. The van der Waals surface area contributed by atoms with E-state index >= 15 is 0 Å². The Bertz CT molecular complexity index is 883. The predicted octanol–water partition coefficient (Wildman–Crippen LogP) is 2.64. The van der Waals surface area contributed by atoms with E-state index in [9.17, 15) is 13.2 Å². The molecule has 0 heterocycles. The molecule has 0 aliphatic carbocycles. The smallest absolute Gasteiger partial charge is 0.241 e. The second kappa shape index (κ2) is 8.53. The number of nitrogens with one attached hydrogen (secondary N) is 2. The molecular formula is C18H21ClN2O4S. The van der Waals surface area contributed by atoms with E-state index in [1.54, 1.807) is 7.11 Å². The van der Waals surface area contributed by atoms with Crippen molar-refractivity contribution < 1.29 is 17.9 Å². The standard InChI is InChI=1S/C18H21ClN2O4S/c1-12-4-5-14(10-17(12)25-3)11-20-18(22)13(2)21-26(23,24)16-8-6-15(19)7-9-16/h4-10,13,21H,11H2,1-3H3,(H,20,22)/t13-/m0/s1. The minimum absolute atomic E-state index is 0.0461. The lowest BCUT2D eigenvalue weighted by atomic mass is 10.1. The molecule has 26 heavy (non-hydrogen) atoms. The first-order valence-corrected chi connectivity index (χ1v) is 9.78. The van der Waals surface area contributed by atoms with Gasteiger partial charge in [0.2, 0.25) is 15.9 Å². The maximum atomic E-state index is 12.3. The van der Waals surface area contributed by atoms with Gasteiger partial charge in [0, 0.05) is 11.6 Å². The van der Waals surface area contributed by atoms with E-state index in [0.717, 1.165) is 16.9 Å². The number of benzene rings is 2. The van der Waals surface area contributed by atoms with E-state index < -0.39 is 22.0 Å². The molecule has 2 aromatic carbocycles. The maximum absolute atomic E-state index is 12.3. The van der Waals surface area contributed by atoms with E-state index in [0.29, 0.717) is 5.02 Å². The highest BCUT2D eigenvalue weighted by atomic mass is 35.5. The number of rotatable bonds is 7. The zero-order valence-electron chi connectivity index (χ0n) is 14.7. The van der Waals surface area contributed by atoms with E-state index in [1.165, 1.54) is 31.2 Å². The minimum Gasteiger partial charge on any atom is -0.496 e. The van der Waals surface area contributed by atoms with Gasteiger partial charge in [-0.2, -0.15) is 4.72 Å². The van der Waals surface area contributed by atoms with Crippen LogP contribution in [0.1, 0.15) is 18.1 Å². The molecule has 0 radical (unpaired) electrons. The van der Waals surface area contributed by atoms with Gasteiger partial charge < -0.3 is 10.1 Å². The van der Waals surface area contributed by atoms with Crippen molar-refractivity contribution in [2.24, 2.45) is 0 Å². The number of hydrogen-bond acceptors (Lipinski definition) is 4. The number of hydrogen-bond donors (Lipinski definition) is 2. The van der Waals surface area contributed by atoms with E-state index in [1.807, 2.05) is 25.1 Å². The van der Waals surface area contributed by atoms with Crippen LogP contribution in [-0.2, 0) is 21.4 Å². The molecule has 6 nitrogen and oxygen atoms in total. The average molecular weight is 397 g/mol. The van der Waals surface area contributed by atoms with Gasteiger partial charge in [-0.25, -0.2) is 8.42 Å². The SMILES string of the molecule is COc1cc(CNC(=O)[C@H](C)NS(=O)(=O)c2ccc(Cl)cc2)ccc1C. The van der Waals surface area contributed by atoms with Crippen LogP contribution >= 0.6 is 11.6 Å². The molecule has 0 aliphatic heterocycles. The van der Waals surface area contributed by atoms with Gasteiger partial charge in [0.15, 0.2) is 0 Å². The van der Waals surface area contributed by atoms with Crippen molar-refractivity contribution in [1.29, 1.82) is 0 Å². The molecule has 0 fully saturated rings. The summed E-state index contributed by atoms with van der Waals surface area (Å²) in [6, 6.07) is 10.4. The molecule has 1 atom stereocenters. The van der Waals surface area contributed by atoms with Gasteiger partial charge in [-0.3, -0.25) is 4.79 Å². The van der Waals surface area contributed by atoms with Crippen molar-refractivity contribution in [1.82, 2.24) is 10.0 Å². The molecule has 0 saturated carbocycles. The summed E-state index contributed by atoms with van der Waals surface area (Å²) in [5.41, 5.74) is 1.85. The van der Waals surface area contributed by atoms with Gasteiger partial charge in [0.05, 0.1) is 18.0 Å². The summed E-state index contributed by atoms with van der Waals surface area (Å²) in [7, 11) is -2.23. The normalized spacial score (nSPS) is 12.5. The van der Waals surface area contributed by atoms with Crippen molar-refractivity contribution in [3.05, 3.63) is 58.6 Å². The highest BCUT2D eigenvalue weighted by molar-refractivity contribution is 7.89. The molecule has 2 N–H and O–H groups in total. The van der Waals surface area contributed by atoms with Crippen LogP contribution in [0.25, 0.3) is 0 Å². The van der Waals surface area contributed by atoms with Crippen LogP contribution in [0.5, 0.6) is 5.75 Å². The molecule has 0 bridgehead atoms. The van der Waals surface area contributed by atoms with Crippen molar-refractivity contribution in [2.45, 2.75) is 31.3 Å². The number of aryl methyl sites for hydroxylation is 1. The van der Waals surface area contributed by atoms with Crippen LogP contribution in [0.2, 0.25) is 5.02 Å². The summed E-state index contributed by atoms with van der Waals surface area (Å²) in [4.78, 5) is 12.3. The van der Waals surface area contributed by atoms with E-state index in [-0.39, 0.29) is 11.4 Å². The third-order valence-electron chi connectivity index (χ3n) is 3.79. The fourth-order valence-corrected chi connectivity index (χ4v) is 3.61. The molecule has 0 aliphatic rings. The first kappa shape index (κ1) is 20.2. The molecule has 0 aromatic heterocycles. The number of ether oxygens (including phenoxy) is 1. The van der Waals surface area contributed by atoms with Crippen LogP contribution < -0.4 is 14.8 Å². The number of carbonyl (C=O) groups is 1. The zero-order chi connectivity index (χ0) is 19.3. The lowest BCUT2D eigenvalue weighted by Gasteiger charge is -2.15. The lowest BCUT2D eigenvalue weighted by molar-refractivity contribution is -0.122. The van der Waals surface area contributed by atoms with Gasteiger partial charge >= 0.3 is 0 Å². The lowest BCUT2D eigenvalue weighted by Crippen LogP contribution is -2.44. The molecule has 0 saturated heterocycles. The number of carbonyl (C=O) groups excluding carboxylic acids is 1. The Balaban J connectivity index is 1.98. The Hall–Kier alpha value is -2.09. The van der Waals surface area contributed by atoms with Gasteiger partial charge in [0.25, 0.3) is 0 Å². The van der Waals surface area contributed by atoms with Crippen LogP contribution in [0.15, 0.2) is 47.4 Å². The minimum atomic E-state index is -3.81. The summed E-state index contributed by atoms with van der Waals surface area (Å²) in [6.07, 6.45) is 0. The monoisotopic (exact) mass is 396 g/mol. The highest BCUT2D eigenvalue weighted by Gasteiger charge is 2.21. The number of sulfonamides is 1. The molecule has 1 amide bonds. The molecule has 8 heteroatoms. The molecule has 0 spiro atoms. The Morgan fingerprint density at radius 1 is 1.19 bits per heavy atom. The second-order valence-electron chi connectivity index (χ2n) is 5.82. The van der Waals surface area contributed by atoms with Gasteiger partial charge in [-0.05, 0) is 55.3 Å². The van der Waals surface area contributed by atoms with Crippen LogP contribution in [0.4, 0.5) is 0 Å². The Kier molecular flexibility index (Phi) is 6.63. The first-order chi connectivity index (χ1) is 12.2. The molecular weight excluding hydrogens is 376 g/mol. The third kappa shape index (κ3) is 5.20. The number of halogens is 1. The van der Waals surface area contributed by atoms with Gasteiger partial charge in [0.1, 0.15) is 5.75 Å². The van der Waals surface area contributed by atoms with Gasteiger partial charge in [-0.1, -0.05) is 23.7 Å². The highest BCUT2D eigenvalue weighted by Crippen LogP contribution is 2.19. The quantitative estimate of drug-likeness (QED) is 0.753. The third-order valence-corrected chi connectivity index (χ3v) is 5.60. The van der Waals surface area contributed by atoms with E-state index in [2.05, 4.69) is 10.0 Å². The predicted molar refractivity (Wildman–Crippen MR) is 101 cm³/mol. The van der Waals surface area contributed by atoms with E-state index in [4.69, 9.17) is 16.3 Å². The fourth-order valence-electron chi connectivity index (χ4n) is 2.28. The fraction of sp³-hybridized carbons (Fsp3) is 0.278. The molecule has 2 aromatic rings. The molecule has 140 valence electrons. The summed E-state index contributed by atoms with van der Waals surface area (Å²) < 4.78 is 32.2. The van der Waals surface area contributed by atoms with Crippen molar-refractivity contribution in [3.8, 4) is 5.75 Å². The maximum Gasteiger partial charge on any atom is 0.241 e. The average Bonchev–Trinajstić information content (AvgIpc) is 2.60. The summed E-state index contributed by atoms with van der Waals surface area (Å²) >= 11 is 5.76. The first-order valence-electron chi connectivity index (χ1n) is 7.92. The van der Waals surface area contributed by atoms with Gasteiger partial charge in [-0.15, -0.1) is 0 Å². The Labute approximate surface area is 158 Å². The van der Waals surface area contributed by atoms with Crippen LogP contribution in [-0.4, -0.2) is 27.5 Å². The topological polar surface area (TPSA) is 84.5 Å². The Morgan fingerprint density at radius 3 is 2.46 bits per heavy atom. The number of methoxy groups -OCH3 is 1. The molecule has 2 rings (SSSR count). The van der Waals surface area contributed by atoms with Crippen molar-refractivity contribution >= 4 is 27.5 Å². The summed E-state index contributed by atoms with van der Waals surface area (Å²) in [5, 5.41) is 3.14. The van der Waals surface area contributed by atoms with Crippen molar-refractivity contribution in [2.75, 3.05) is 7.11 Å². The Morgan fingerprint density at radius 2 is 1.85 bits per heavy atom.